The summed E-state index contributed by atoms with van der Waals surface area (Å²) >= 11 is 8.27. The van der Waals surface area contributed by atoms with E-state index in [1.165, 1.54) is 11.3 Å². The van der Waals surface area contributed by atoms with E-state index in [0.29, 0.717) is 27.2 Å². The molecule has 0 saturated heterocycles. The Morgan fingerprint density at radius 2 is 1.88 bits per heavy atom. The molecule has 0 radical (unpaired) electrons. The quantitative estimate of drug-likeness (QED) is 0.381. The van der Waals surface area contributed by atoms with Crippen LogP contribution in [-0.2, 0) is 9.53 Å². The van der Waals surface area contributed by atoms with Crippen LogP contribution in [0.5, 0.6) is 5.75 Å². The largest absolute Gasteiger partial charge is 0.493 e. The van der Waals surface area contributed by atoms with Gasteiger partial charge in [-0.3, -0.25) is 9.36 Å². The average molecular weight is 606 g/mol. The zero-order chi connectivity index (χ0) is 24.4. The molecule has 0 fully saturated rings. The molecule has 3 aromatic rings. The Labute approximate surface area is 217 Å². The molecule has 2 heterocycles. The third-order valence-corrected chi connectivity index (χ3v) is 7.39. The summed E-state index contributed by atoms with van der Waals surface area (Å²) in [4.78, 5) is 31.7. The zero-order valence-corrected chi connectivity index (χ0v) is 22.8. The van der Waals surface area contributed by atoms with Crippen molar-refractivity contribution in [3.63, 3.8) is 0 Å². The number of thiazole rings is 1. The van der Waals surface area contributed by atoms with Gasteiger partial charge in [-0.25, -0.2) is 9.79 Å². The SMILES string of the molecule is CCOC(=O)C1=C(C)N=c2s/c(=C\c3ccc(OCC)c(Br)c3)c(=O)n2[C@H]1c1ccc(Br)cc1. The fraction of sp³-hybridized carbons (Fsp3) is 0.240. The maximum Gasteiger partial charge on any atom is 0.338 e. The van der Waals surface area contributed by atoms with Gasteiger partial charge in [-0.05, 0) is 78.2 Å². The third-order valence-electron chi connectivity index (χ3n) is 5.26. The molecular formula is C25H22Br2N2O4S. The van der Waals surface area contributed by atoms with E-state index in [1.54, 1.807) is 18.4 Å². The maximum atomic E-state index is 13.6. The van der Waals surface area contributed by atoms with Gasteiger partial charge in [0.15, 0.2) is 4.80 Å². The van der Waals surface area contributed by atoms with Crippen LogP contribution in [0.25, 0.3) is 6.08 Å². The molecule has 0 aliphatic carbocycles. The molecule has 4 rings (SSSR count). The highest BCUT2D eigenvalue weighted by Gasteiger charge is 2.33. The predicted molar refractivity (Wildman–Crippen MR) is 140 cm³/mol. The van der Waals surface area contributed by atoms with E-state index in [1.807, 2.05) is 55.5 Å². The van der Waals surface area contributed by atoms with Gasteiger partial charge < -0.3 is 9.47 Å². The molecule has 9 heteroatoms. The molecule has 0 bridgehead atoms. The van der Waals surface area contributed by atoms with E-state index in [0.717, 1.165) is 25.8 Å². The summed E-state index contributed by atoms with van der Waals surface area (Å²) in [5, 5.41) is 0. The Hall–Kier alpha value is -2.49. The fourth-order valence-electron chi connectivity index (χ4n) is 3.78. The van der Waals surface area contributed by atoms with Gasteiger partial charge in [0, 0.05) is 4.47 Å². The van der Waals surface area contributed by atoms with Gasteiger partial charge in [0.2, 0.25) is 0 Å². The Morgan fingerprint density at radius 1 is 1.15 bits per heavy atom. The van der Waals surface area contributed by atoms with E-state index in [4.69, 9.17) is 9.47 Å². The molecule has 0 saturated carbocycles. The van der Waals surface area contributed by atoms with Crippen LogP contribution in [0.15, 0.2) is 72.5 Å². The Kier molecular flexibility index (Phi) is 7.54. The number of carbonyl (C=O) groups is 1. The second kappa shape index (κ2) is 10.4. The van der Waals surface area contributed by atoms with Crippen LogP contribution in [0.1, 0.15) is 37.9 Å². The molecule has 2 aromatic carbocycles. The number of esters is 1. The highest BCUT2D eigenvalue weighted by molar-refractivity contribution is 9.10. The van der Waals surface area contributed by atoms with Gasteiger partial charge in [-0.1, -0.05) is 45.5 Å². The number of nitrogens with zero attached hydrogens (tertiary/aromatic N) is 2. The molecule has 1 aliphatic heterocycles. The first kappa shape index (κ1) is 24.6. The van der Waals surface area contributed by atoms with E-state index in [2.05, 4.69) is 36.9 Å². The number of allylic oxidation sites excluding steroid dienone is 1. The molecule has 6 nitrogen and oxygen atoms in total. The fourth-order valence-corrected chi connectivity index (χ4v) is 5.60. The van der Waals surface area contributed by atoms with Crippen LogP contribution in [0.3, 0.4) is 0 Å². The Balaban J connectivity index is 1.89. The first-order valence-electron chi connectivity index (χ1n) is 10.7. The number of ether oxygens (including phenoxy) is 2. The van der Waals surface area contributed by atoms with Crippen LogP contribution in [0.2, 0.25) is 0 Å². The predicted octanol–water partition coefficient (Wildman–Crippen LogP) is 4.72. The minimum Gasteiger partial charge on any atom is -0.493 e. The lowest BCUT2D eigenvalue weighted by atomic mass is 9.96. The summed E-state index contributed by atoms with van der Waals surface area (Å²) in [6, 6.07) is 12.6. The van der Waals surface area contributed by atoms with Crippen LogP contribution >= 0.6 is 43.2 Å². The van der Waals surface area contributed by atoms with Crippen molar-refractivity contribution in [2.75, 3.05) is 13.2 Å². The van der Waals surface area contributed by atoms with Gasteiger partial charge in [-0.15, -0.1) is 0 Å². The maximum absolute atomic E-state index is 13.6. The Morgan fingerprint density at radius 3 is 2.53 bits per heavy atom. The normalized spacial score (nSPS) is 15.7. The number of benzene rings is 2. The number of carbonyl (C=O) groups excluding carboxylic acids is 1. The first-order valence-corrected chi connectivity index (χ1v) is 13.1. The lowest BCUT2D eigenvalue weighted by Gasteiger charge is -2.24. The van der Waals surface area contributed by atoms with Gasteiger partial charge in [0.05, 0.1) is 39.5 Å². The molecule has 34 heavy (non-hydrogen) atoms. The van der Waals surface area contributed by atoms with Crippen LogP contribution < -0.4 is 19.6 Å². The van der Waals surface area contributed by atoms with Crippen LogP contribution in [-0.4, -0.2) is 23.8 Å². The van der Waals surface area contributed by atoms with Crippen LogP contribution in [0.4, 0.5) is 0 Å². The second-order valence-corrected chi connectivity index (χ2v) is 10.3. The number of hydrogen-bond acceptors (Lipinski definition) is 6. The van der Waals surface area contributed by atoms with Gasteiger partial charge >= 0.3 is 5.97 Å². The van der Waals surface area contributed by atoms with E-state index >= 15 is 0 Å². The van der Waals surface area contributed by atoms with Crippen molar-refractivity contribution in [2.24, 2.45) is 4.99 Å². The summed E-state index contributed by atoms with van der Waals surface area (Å²) in [7, 11) is 0. The summed E-state index contributed by atoms with van der Waals surface area (Å²) in [5.74, 6) is 0.271. The topological polar surface area (TPSA) is 69.9 Å². The number of halogens is 2. The standard InChI is InChI=1S/C25H22Br2N2O4S/c1-4-32-19-11-6-15(12-18(19)27)13-20-23(30)29-22(16-7-9-17(26)10-8-16)21(24(31)33-5-2)14(3)28-25(29)34-20/h6-13,22H,4-5H2,1-3H3/b20-13-/t22-/m0/s1. The molecular weight excluding hydrogens is 584 g/mol. The van der Waals surface area contributed by atoms with Crippen LogP contribution in [0, 0.1) is 0 Å². The smallest absolute Gasteiger partial charge is 0.338 e. The first-order chi connectivity index (χ1) is 16.3. The summed E-state index contributed by atoms with van der Waals surface area (Å²) < 4.78 is 14.7. The zero-order valence-electron chi connectivity index (χ0n) is 18.8. The molecule has 0 unspecified atom stereocenters. The highest BCUT2D eigenvalue weighted by atomic mass is 79.9. The van der Waals surface area contributed by atoms with Crippen molar-refractivity contribution in [1.82, 2.24) is 4.57 Å². The molecule has 1 atom stereocenters. The number of aromatic nitrogens is 1. The average Bonchev–Trinajstić information content (AvgIpc) is 3.10. The molecule has 0 N–H and O–H groups in total. The lowest BCUT2D eigenvalue weighted by molar-refractivity contribution is -0.139. The molecule has 1 aromatic heterocycles. The van der Waals surface area contributed by atoms with Gasteiger partial charge in [0.1, 0.15) is 5.75 Å². The van der Waals surface area contributed by atoms with Crippen molar-refractivity contribution >= 4 is 55.2 Å². The van der Waals surface area contributed by atoms with Gasteiger partial charge in [0.25, 0.3) is 5.56 Å². The number of fused-ring (bicyclic) bond motifs is 1. The van der Waals surface area contributed by atoms with Crippen molar-refractivity contribution < 1.29 is 14.3 Å². The third kappa shape index (κ3) is 4.82. The summed E-state index contributed by atoms with van der Waals surface area (Å²) in [6.07, 6.45) is 1.83. The number of rotatable bonds is 6. The highest BCUT2D eigenvalue weighted by Crippen LogP contribution is 2.31. The van der Waals surface area contributed by atoms with Crippen molar-refractivity contribution in [2.45, 2.75) is 26.8 Å². The van der Waals surface area contributed by atoms with Gasteiger partial charge in [-0.2, -0.15) is 0 Å². The number of hydrogen-bond donors (Lipinski definition) is 0. The van der Waals surface area contributed by atoms with E-state index < -0.39 is 12.0 Å². The summed E-state index contributed by atoms with van der Waals surface area (Å²) in [6.45, 7) is 6.26. The Bertz CT molecular complexity index is 1460. The van der Waals surface area contributed by atoms with E-state index in [9.17, 15) is 9.59 Å². The molecule has 0 spiro atoms. The lowest BCUT2D eigenvalue weighted by Crippen LogP contribution is -2.39. The molecule has 176 valence electrons. The second-order valence-electron chi connectivity index (χ2n) is 7.48. The minimum atomic E-state index is -0.627. The van der Waals surface area contributed by atoms with Crippen molar-refractivity contribution in [3.8, 4) is 5.75 Å². The summed E-state index contributed by atoms with van der Waals surface area (Å²) in [5.41, 5.74) is 2.35. The molecule has 1 aliphatic rings. The molecule has 0 amide bonds. The van der Waals surface area contributed by atoms with E-state index in [-0.39, 0.29) is 12.2 Å². The van der Waals surface area contributed by atoms with Crippen molar-refractivity contribution in [1.29, 1.82) is 0 Å². The minimum absolute atomic E-state index is 0.212. The van der Waals surface area contributed by atoms with Crippen molar-refractivity contribution in [3.05, 3.63) is 93.5 Å². The monoisotopic (exact) mass is 604 g/mol.